The van der Waals surface area contributed by atoms with E-state index in [1.54, 1.807) is 34.1 Å². The van der Waals surface area contributed by atoms with Gasteiger partial charge in [0.15, 0.2) is 5.78 Å². The molecule has 1 amide bonds. The van der Waals surface area contributed by atoms with E-state index in [-0.39, 0.29) is 66.8 Å². The van der Waals surface area contributed by atoms with Gasteiger partial charge < -0.3 is 43.5 Å². The van der Waals surface area contributed by atoms with Crippen LogP contribution in [0.15, 0.2) is 47.6 Å². The largest absolute Gasteiger partial charge is 0.460 e. The molecule has 14 heteroatoms. The fraction of sp³-hybridized carbons (Fsp3) is 0.759. The molecule has 0 aromatic carbocycles. The topological polar surface area (TPSA) is 184 Å². The van der Waals surface area contributed by atoms with Crippen molar-refractivity contribution in [2.75, 3.05) is 27.9 Å². The highest BCUT2D eigenvalue weighted by molar-refractivity contribution is 6.39. The van der Waals surface area contributed by atoms with Crippen LogP contribution in [0, 0.1) is 35.5 Å². The van der Waals surface area contributed by atoms with Crippen molar-refractivity contribution in [1.82, 2.24) is 4.90 Å². The minimum atomic E-state index is -2.42. The van der Waals surface area contributed by atoms with E-state index < -0.39 is 77.9 Å². The quantitative estimate of drug-likeness (QED) is 0.138. The van der Waals surface area contributed by atoms with E-state index in [9.17, 15) is 34.2 Å². The van der Waals surface area contributed by atoms with Crippen LogP contribution in [0.25, 0.3) is 0 Å². The first-order valence-electron chi connectivity index (χ1n) is 25.3. The van der Waals surface area contributed by atoms with Crippen LogP contribution < -0.4 is 0 Å². The van der Waals surface area contributed by atoms with Gasteiger partial charge in [-0.3, -0.25) is 19.2 Å². The number of cyclic esters (lactones) is 1. The summed E-state index contributed by atoms with van der Waals surface area (Å²) in [6.45, 7) is 17.0. The second kappa shape index (κ2) is 26.7. The van der Waals surface area contributed by atoms with Gasteiger partial charge in [0.25, 0.3) is 11.7 Å². The summed E-state index contributed by atoms with van der Waals surface area (Å²) in [5.41, 5.74) is 1.55. The molecule has 15 atom stereocenters. The van der Waals surface area contributed by atoms with Crippen LogP contribution in [0.2, 0.25) is 0 Å². The number of piperidine rings is 1. The van der Waals surface area contributed by atoms with Crippen molar-refractivity contribution >= 4 is 29.2 Å². The SMILES string of the molecule is CO[C@H]1C[C@@H]2CC[C@@H](C)[C@@](O)(O2)C(=O)C(=O)N2CCCC[C@H]2C(=O)O[C@H]([C@H](C)C[C@@H]2CC[C@@H](O)[C@H](OC)C2)CC(=O)[C@H](C)/C=C(\C)[C@@H](OC(C)C)[C@@H](OC)C(=O)[C@H](C)C[C@H](C)/C=C/C=CC=C1C. The van der Waals surface area contributed by atoms with Crippen molar-refractivity contribution in [2.24, 2.45) is 35.5 Å². The van der Waals surface area contributed by atoms with E-state index in [4.69, 9.17) is 28.4 Å². The number of hydrogen-bond acceptors (Lipinski definition) is 13. The first kappa shape index (κ1) is 57.2. The van der Waals surface area contributed by atoms with Gasteiger partial charge in [0.1, 0.15) is 30.1 Å². The molecule has 3 fully saturated rings. The number of ether oxygens (including phenoxy) is 6. The van der Waals surface area contributed by atoms with Crippen LogP contribution in [0.4, 0.5) is 0 Å². The minimum absolute atomic E-state index is 0.0539. The number of allylic oxidation sites excluding steroid dienone is 6. The molecule has 1 aliphatic carbocycles. The monoisotopic (exact) mass is 956 g/mol. The molecule has 3 aliphatic heterocycles. The summed E-state index contributed by atoms with van der Waals surface area (Å²) in [6.07, 6.45) is 12.3. The Bertz CT molecular complexity index is 1820. The first-order valence-corrected chi connectivity index (χ1v) is 25.3. The maximum Gasteiger partial charge on any atom is 0.329 e. The highest BCUT2D eigenvalue weighted by atomic mass is 16.6. The van der Waals surface area contributed by atoms with E-state index in [1.807, 2.05) is 71.9 Å². The van der Waals surface area contributed by atoms with Crippen LogP contribution in [-0.4, -0.2) is 133 Å². The molecule has 0 spiro atoms. The molecule has 0 aromatic heterocycles. The summed E-state index contributed by atoms with van der Waals surface area (Å²) in [6, 6.07) is -1.13. The fourth-order valence-electron chi connectivity index (χ4n) is 10.6. The van der Waals surface area contributed by atoms with Crippen LogP contribution in [0.1, 0.15) is 139 Å². The average Bonchev–Trinajstić information content (AvgIpc) is 3.30. The van der Waals surface area contributed by atoms with Crippen LogP contribution in [0.3, 0.4) is 0 Å². The first-order chi connectivity index (χ1) is 32.1. The zero-order valence-electron chi connectivity index (χ0n) is 43.1. The number of amides is 1. The zero-order valence-corrected chi connectivity index (χ0v) is 43.1. The fourth-order valence-corrected chi connectivity index (χ4v) is 10.6. The standard InChI is InChI=1S/C54H85NO13/c1-32(2)66-49-38(8)27-35(5)44(57)31-46(36(6)28-40-22-24-43(56)47(29-40)64-11)67-53(61)42-20-16-17-25-55(42)52(60)51(59)54(62)39(9)21-23-41(68-54)30-45(63-10)34(4)19-15-13-14-18-33(3)26-37(7)48(58)50(49)65-12/h13-15,18-19,27,32-33,35-37,39-43,45-47,49-50,56,62H,16-17,20-26,28-31H2,1-12H3/b15-13?,18-14+,34-19?,38-27+/t33-,35-,36-,37-,39-,40+,41+,42+,43-,45+,46+,47-,49-,50+,54-/m1/s1. The third-order valence-corrected chi connectivity index (χ3v) is 14.9. The molecule has 0 radical (unpaired) electrons. The Morgan fingerprint density at radius 3 is 2.21 bits per heavy atom. The van der Waals surface area contributed by atoms with E-state index in [0.29, 0.717) is 63.4 Å². The molecule has 2 N–H and O–H groups in total. The Kier molecular flexibility index (Phi) is 22.5. The molecule has 0 unspecified atom stereocenters. The summed E-state index contributed by atoms with van der Waals surface area (Å²) in [5.74, 6) is -7.47. The summed E-state index contributed by atoms with van der Waals surface area (Å²) >= 11 is 0. The van der Waals surface area contributed by atoms with Gasteiger partial charge in [-0.2, -0.15) is 0 Å². The third kappa shape index (κ3) is 15.3. The molecule has 4 aliphatic rings. The summed E-state index contributed by atoms with van der Waals surface area (Å²) in [7, 11) is 4.66. The number of hydrogen-bond donors (Lipinski definition) is 2. The molecule has 68 heavy (non-hydrogen) atoms. The number of aliphatic hydroxyl groups excluding tert-OH is 1. The number of nitrogens with zero attached hydrogens (tertiary/aromatic N) is 1. The molecular formula is C54H85NO13. The van der Waals surface area contributed by atoms with Gasteiger partial charge in [0.2, 0.25) is 5.79 Å². The molecule has 1 saturated carbocycles. The third-order valence-electron chi connectivity index (χ3n) is 14.9. The number of methoxy groups -OCH3 is 3. The van der Waals surface area contributed by atoms with Gasteiger partial charge >= 0.3 is 5.97 Å². The Labute approximate surface area is 406 Å². The second-order valence-corrected chi connectivity index (χ2v) is 20.8. The van der Waals surface area contributed by atoms with E-state index in [0.717, 1.165) is 12.0 Å². The maximum atomic E-state index is 14.5. The molecule has 2 saturated heterocycles. The van der Waals surface area contributed by atoms with E-state index >= 15 is 0 Å². The van der Waals surface area contributed by atoms with Crippen LogP contribution >= 0.6 is 0 Å². The van der Waals surface area contributed by atoms with Gasteiger partial charge in [-0.15, -0.1) is 0 Å². The Balaban J connectivity index is 1.75. The average molecular weight is 956 g/mol. The predicted molar refractivity (Wildman–Crippen MR) is 259 cm³/mol. The van der Waals surface area contributed by atoms with Crippen LogP contribution in [-0.2, 0) is 52.4 Å². The highest BCUT2D eigenvalue weighted by Gasteiger charge is 2.53. The number of Topliss-reactive ketones (excluding diaryl/α,β-unsaturated/α-hetero) is 3. The number of fused-ring (bicyclic) bond motifs is 3. The van der Waals surface area contributed by atoms with E-state index in [1.165, 1.54) is 12.0 Å². The summed E-state index contributed by atoms with van der Waals surface area (Å²) in [4.78, 5) is 72.8. The van der Waals surface area contributed by atoms with Crippen molar-refractivity contribution in [1.29, 1.82) is 0 Å². The smallest absolute Gasteiger partial charge is 0.329 e. The Hall–Kier alpha value is -3.37. The van der Waals surface area contributed by atoms with Gasteiger partial charge in [-0.25, -0.2) is 4.79 Å². The molecular weight excluding hydrogens is 871 g/mol. The number of esters is 1. The van der Waals surface area contributed by atoms with Crippen molar-refractivity contribution in [3.63, 3.8) is 0 Å². The lowest BCUT2D eigenvalue weighted by Crippen LogP contribution is -2.61. The van der Waals surface area contributed by atoms with Gasteiger partial charge in [-0.1, -0.05) is 71.1 Å². The lowest BCUT2D eigenvalue weighted by molar-refractivity contribution is -0.265. The number of carbonyl (C=O) groups is 5. The molecule has 14 nitrogen and oxygen atoms in total. The number of rotatable bonds is 8. The maximum absolute atomic E-state index is 14.5. The zero-order chi connectivity index (χ0) is 50.5. The minimum Gasteiger partial charge on any atom is -0.460 e. The van der Waals surface area contributed by atoms with Crippen molar-refractivity contribution in [3.8, 4) is 0 Å². The predicted octanol–water partition coefficient (Wildman–Crippen LogP) is 7.61. The van der Waals surface area contributed by atoms with Gasteiger partial charge in [0.05, 0.1) is 30.5 Å². The van der Waals surface area contributed by atoms with Crippen molar-refractivity contribution < 1.29 is 62.6 Å². The molecule has 0 aromatic rings. The van der Waals surface area contributed by atoms with Crippen LogP contribution in [0.5, 0.6) is 0 Å². The summed E-state index contributed by atoms with van der Waals surface area (Å²) in [5, 5.41) is 22.5. The normalized spacial score (nSPS) is 38.0. The van der Waals surface area contributed by atoms with Gasteiger partial charge in [-0.05, 0) is 121 Å². The van der Waals surface area contributed by atoms with E-state index in [2.05, 4.69) is 6.92 Å². The molecule has 2 bridgehead atoms. The lowest BCUT2D eigenvalue weighted by atomic mass is 9.78. The summed E-state index contributed by atoms with van der Waals surface area (Å²) < 4.78 is 36.2. The van der Waals surface area contributed by atoms with Gasteiger partial charge in [0, 0.05) is 58.5 Å². The molecule has 4 rings (SSSR count). The number of ketones is 3. The molecule has 384 valence electrons. The Morgan fingerprint density at radius 2 is 1.54 bits per heavy atom. The van der Waals surface area contributed by atoms with Crippen molar-refractivity contribution in [3.05, 3.63) is 47.6 Å². The molecule has 3 heterocycles. The number of carbonyl (C=O) groups excluding carboxylic acids is 5. The Morgan fingerprint density at radius 1 is 0.824 bits per heavy atom. The lowest BCUT2D eigenvalue weighted by Gasteiger charge is -2.42. The number of aliphatic hydroxyl groups is 2. The second-order valence-electron chi connectivity index (χ2n) is 20.8. The highest BCUT2D eigenvalue weighted by Crippen LogP contribution is 2.38. The van der Waals surface area contributed by atoms with Crippen molar-refractivity contribution in [2.45, 2.75) is 200 Å².